The van der Waals surface area contributed by atoms with E-state index in [9.17, 15) is 13.2 Å². The SMILES string of the molecule is Cc1ccc(-c2cc(C(=O)NCc3ccc(CS(=O)(=O)NC(C)C)cc3)c3c(C)noc3n2)cc1. The van der Waals surface area contributed by atoms with Crippen molar-refractivity contribution in [3.05, 3.63) is 82.5 Å². The molecular weight excluding hydrogens is 464 g/mol. The summed E-state index contributed by atoms with van der Waals surface area (Å²) >= 11 is 0. The molecule has 0 aliphatic carbocycles. The summed E-state index contributed by atoms with van der Waals surface area (Å²) in [5.41, 5.74) is 5.49. The van der Waals surface area contributed by atoms with Crippen LogP contribution in [0.3, 0.4) is 0 Å². The van der Waals surface area contributed by atoms with Crippen molar-refractivity contribution >= 4 is 27.0 Å². The summed E-state index contributed by atoms with van der Waals surface area (Å²) in [5.74, 6) is -0.369. The zero-order chi connectivity index (χ0) is 25.2. The molecule has 0 saturated carbocycles. The number of pyridine rings is 1. The molecule has 2 aromatic carbocycles. The first-order valence-electron chi connectivity index (χ1n) is 11.3. The summed E-state index contributed by atoms with van der Waals surface area (Å²) in [5, 5.41) is 7.51. The lowest BCUT2D eigenvalue weighted by Crippen LogP contribution is -2.31. The van der Waals surface area contributed by atoms with Crippen molar-refractivity contribution in [1.29, 1.82) is 0 Å². The average Bonchev–Trinajstić information content (AvgIpc) is 3.18. The number of benzene rings is 2. The molecule has 35 heavy (non-hydrogen) atoms. The highest BCUT2D eigenvalue weighted by Gasteiger charge is 2.19. The molecule has 0 aliphatic rings. The maximum Gasteiger partial charge on any atom is 0.259 e. The molecule has 2 aromatic heterocycles. The van der Waals surface area contributed by atoms with Gasteiger partial charge in [-0.25, -0.2) is 18.1 Å². The molecule has 0 aliphatic heterocycles. The minimum atomic E-state index is -3.40. The van der Waals surface area contributed by atoms with Gasteiger partial charge < -0.3 is 9.84 Å². The predicted octanol–water partition coefficient (Wildman–Crippen LogP) is 4.26. The number of hydrogen-bond donors (Lipinski definition) is 2. The molecule has 4 aromatic rings. The Morgan fingerprint density at radius 2 is 1.66 bits per heavy atom. The first-order chi connectivity index (χ1) is 16.6. The van der Waals surface area contributed by atoms with Gasteiger partial charge in [-0.2, -0.15) is 0 Å². The van der Waals surface area contributed by atoms with Crippen molar-refractivity contribution in [3.8, 4) is 11.3 Å². The first-order valence-corrected chi connectivity index (χ1v) is 13.0. The van der Waals surface area contributed by atoms with Gasteiger partial charge in [-0.15, -0.1) is 0 Å². The number of fused-ring (bicyclic) bond motifs is 1. The lowest BCUT2D eigenvalue weighted by atomic mass is 10.0. The molecule has 0 spiro atoms. The summed E-state index contributed by atoms with van der Waals surface area (Å²) in [4.78, 5) is 17.7. The number of nitrogens with zero attached hydrogens (tertiary/aromatic N) is 2. The Kier molecular flexibility index (Phi) is 7.00. The third-order valence-electron chi connectivity index (χ3n) is 5.46. The van der Waals surface area contributed by atoms with Crippen LogP contribution in [0, 0.1) is 13.8 Å². The number of sulfonamides is 1. The Bertz CT molecular complexity index is 1460. The van der Waals surface area contributed by atoms with Gasteiger partial charge in [0.15, 0.2) is 0 Å². The van der Waals surface area contributed by atoms with Gasteiger partial charge in [-0.3, -0.25) is 4.79 Å². The van der Waals surface area contributed by atoms with E-state index in [1.807, 2.05) is 43.3 Å². The van der Waals surface area contributed by atoms with Gasteiger partial charge in [0, 0.05) is 18.2 Å². The molecule has 1 amide bonds. The van der Waals surface area contributed by atoms with E-state index < -0.39 is 10.0 Å². The second-order valence-electron chi connectivity index (χ2n) is 8.90. The second kappa shape index (κ2) is 9.97. The third-order valence-corrected chi connectivity index (χ3v) is 7.00. The second-order valence-corrected chi connectivity index (χ2v) is 10.7. The van der Waals surface area contributed by atoms with E-state index in [2.05, 4.69) is 20.2 Å². The first kappa shape index (κ1) is 24.6. The van der Waals surface area contributed by atoms with E-state index in [0.717, 1.165) is 16.7 Å². The molecular formula is C26H28N4O4S. The van der Waals surface area contributed by atoms with E-state index in [1.165, 1.54) is 0 Å². The molecule has 182 valence electrons. The molecule has 0 saturated heterocycles. The Labute approximate surface area is 204 Å². The van der Waals surface area contributed by atoms with Gasteiger partial charge in [-0.05, 0) is 44.9 Å². The zero-order valence-electron chi connectivity index (χ0n) is 20.1. The minimum absolute atomic E-state index is 0.0959. The van der Waals surface area contributed by atoms with Gasteiger partial charge in [-0.1, -0.05) is 59.3 Å². The van der Waals surface area contributed by atoms with Crippen LogP contribution in [0.4, 0.5) is 0 Å². The fourth-order valence-corrected chi connectivity index (χ4v) is 5.23. The van der Waals surface area contributed by atoms with Crippen LogP contribution >= 0.6 is 0 Å². The third kappa shape index (κ3) is 5.93. The van der Waals surface area contributed by atoms with Crippen LogP contribution < -0.4 is 10.0 Å². The quantitative estimate of drug-likeness (QED) is 0.380. The van der Waals surface area contributed by atoms with E-state index in [0.29, 0.717) is 33.6 Å². The predicted molar refractivity (Wildman–Crippen MR) is 135 cm³/mol. The van der Waals surface area contributed by atoms with Crippen LogP contribution in [0.2, 0.25) is 0 Å². The maximum absolute atomic E-state index is 13.2. The molecule has 0 bridgehead atoms. The summed E-state index contributed by atoms with van der Waals surface area (Å²) < 4.78 is 32.2. The monoisotopic (exact) mass is 492 g/mol. The van der Waals surface area contributed by atoms with Gasteiger partial charge in [0.1, 0.15) is 0 Å². The number of aromatic nitrogens is 2. The number of aryl methyl sites for hydroxylation is 2. The van der Waals surface area contributed by atoms with Gasteiger partial charge in [0.25, 0.3) is 11.6 Å². The Morgan fingerprint density at radius 1 is 1.00 bits per heavy atom. The largest absolute Gasteiger partial charge is 0.348 e. The molecule has 9 heteroatoms. The fourth-order valence-electron chi connectivity index (χ4n) is 3.80. The van der Waals surface area contributed by atoms with Crippen LogP contribution in [0.5, 0.6) is 0 Å². The summed E-state index contributed by atoms with van der Waals surface area (Å²) in [6, 6.07) is 16.6. The van der Waals surface area contributed by atoms with E-state index in [-0.39, 0.29) is 24.2 Å². The lowest BCUT2D eigenvalue weighted by molar-refractivity contribution is 0.0952. The number of amides is 1. The molecule has 2 N–H and O–H groups in total. The normalized spacial score (nSPS) is 11.8. The Morgan fingerprint density at radius 3 is 2.31 bits per heavy atom. The number of hydrogen-bond acceptors (Lipinski definition) is 6. The molecule has 2 heterocycles. The highest BCUT2D eigenvalue weighted by atomic mass is 32.2. The number of rotatable bonds is 8. The topological polar surface area (TPSA) is 114 Å². The molecule has 8 nitrogen and oxygen atoms in total. The number of carbonyl (C=O) groups excluding carboxylic acids is 1. The molecule has 0 unspecified atom stereocenters. The van der Waals surface area contributed by atoms with Crippen molar-refractivity contribution in [2.45, 2.75) is 46.0 Å². The summed E-state index contributed by atoms with van der Waals surface area (Å²) in [6.07, 6.45) is 0. The van der Waals surface area contributed by atoms with Crippen LogP contribution in [0.15, 0.2) is 59.1 Å². The Balaban J connectivity index is 1.52. The van der Waals surface area contributed by atoms with Crippen molar-refractivity contribution in [3.63, 3.8) is 0 Å². The van der Waals surface area contributed by atoms with E-state index >= 15 is 0 Å². The Hall–Kier alpha value is -3.56. The average molecular weight is 493 g/mol. The van der Waals surface area contributed by atoms with Gasteiger partial charge in [0.05, 0.1) is 28.1 Å². The fraction of sp³-hybridized carbons (Fsp3) is 0.269. The molecule has 0 fully saturated rings. The maximum atomic E-state index is 13.2. The van der Waals surface area contributed by atoms with Crippen LogP contribution in [0.25, 0.3) is 22.4 Å². The van der Waals surface area contributed by atoms with Crippen molar-refractivity contribution < 1.29 is 17.7 Å². The summed E-state index contributed by atoms with van der Waals surface area (Å²) in [7, 11) is -3.40. The van der Waals surface area contributed by atoms with Gasteiger partial charge in [0.2, 0.25) is 10.0 Å². The highest BCUT2D eigenvalue weighted by molar-refractivity contribution is 7.88. The van der Waals surface area contributed by atoms with Crippen LogP contribution in [-0.4, -0.2) is 30.5 Å². The molecule has 4 rings (SSSR count). The zero-order valence-corrected chi connectivity index (χ0v) is 20.9. The van der Waals surface area contributed by atoms with Gasteiger partial charge >= 0.3 is 0 Å². The van der Waals surface area contributed by atoms with Crippen molar-refractivity contribution in [2.75, 3.05) is 0 Å². The number of nitrogens with one attached hydrogen (secondary N) is 2. The summed E-state index contributed by atoms with van der Waals surface area (Å²) in [6.45, 7) is 7.63. The molecule has 0 atom stereocenters. The minimum Gasteiger partial charge on any atom is -0.348 e. The highest BCUT2D eigenvalue weighted by Crippen LogP contribution is 2.27. The standard InChI is InChI=1S/C26H28N4O4S/c1-16(2)30-35(32,33)15-20-9-7-19(8-10-20)14-27-25(31)22-13-23(21-11-5-17(3)6-12-21)28-26-24(22)18(4)29-34-26/h5-13,16,30H,14-15H2,1-4H3,(H,27,31). The van der Waals surface area contributed by atoms with Crippen LogP contribution in [0.1, 0.15) is 46.6 Å². The lowest BCUT2D eigenvalue weighted by Gasteiger charge is -2.11. The van der Waals surface area contributed by atoms with Crippen molar-refractivity contribution in [1.82, 2.24) is 20.2 Å². The molecule has 0 radical (unpaired) electrons. The van der Waals surface area contributed by atoms with Crippen LogP contribution in [-0.2, 0) is 22.3 Å². The van der Waals surface area contributed by atoms with E-state index in [1.54, 1.807) is 39.0 Å². The number of carbonyl (C=O) groups is 1. The van der Waals surface area contributed by atoms with E-state index in [4.69, 9.17) is 4.52 Å². The van der Waals surface area contributed by atoms with Crippen molar-refractivity contribution in [2.24, 2.45) is 0 Å². The smallest absolute Gasteiger partial charge is 0.259 e.